The number of nitrogens with zero attached hydrogens (tertiary/aromatic N) is 2. The molecule has 1 aromatic heterocycles. The SMILES string of the molecule is CCNc1nc(N2CCc3ccccc3C2)c(Cl)cc1Cl. The third-order valence-corrected chi connectivity index (χ3v) is 4.25. The summed E-state index contributed by atoms with van der Waals surface area (Å²) < 4.78 is 0. The molecule has 0 aliphatic carbocycles. The molecular formula is C16H17Cl2N3. The lowest BCUT2D eigenvalue weighted by Gasteiger charge is -2.30. The highest BCUT2D eigenvalue weighted by Gasteiger charge is 2.20. The summed E-state index contributed by atoms with van der Waals surface area (Å²) in [5, 5.41) is 4.33. The molecule has 0 atom stereocenters. The van der Waals surface area contributed by atoms with Crippen molar-refractivity contribution in [1.82, 2.24) is 4.98 Å². The molecule has 1 aliphatic heterocycles. The average molecular weight is 322 g/mol. The number of fused-ring (bicyclic) bond motifs is 1. The highest BCUT2D eigenvalue weighted by Crippen LogP contribution is 2.33. The zero-order valence-electron chi connectivity index (χ0n) is 11.9. The van der Waals surface area contributed by atoms with Gasteiger partial charge in [0.2, 0.25) is 0 Å². The number of hydrogen-bond acceptors (Lipinski definition) is 3. The van der Waals surface area contributed by atoms with Gasteiger partial charge in [-0.15, -0.1) is 0 Å². The zero-order valence-corrected chi connectivity index (χ0v) is 13.4. The van der Waals surface area contributed by atoms with Gasteiger partial charge in [-0.1, -0.05) is 47.5 Å². The van der Waals surface area contributed by atoms with Crippen LogP contribution in [0.3, 0.4) is 0 Å². The highest BCUT2D eigenvalue weighted by molar-refractivity contribution is 6.37. The van der Waals surface area contributed by atoms with Crippen molar-refractivity contribution in [2.24, 2.45) is 0 Å². The lowest BCUT2D eigenvalue weighted by Crippen LogP contribution is -2.31. The van der Waals surface area contributed by atoms with E-state index in [1.54, 1.807) is 6.07 Å². The molecule has 0 amide bonds. The van der Waals surface area contributed by atoms with Gasteiger partial charge in [0.15, 0.2) is 0 Å². The number of hydrogen-bond donors (Lipinski definition) is 1. The molecule has 0 bridgehead atoms. The van der Waals surface area contributed by atoms with Gasteiger partial charge in [-0.25, -0.2) is 4.98 Å². The van der Waals surface area contributed by atoms with Crippen LogP contribution >= 0.6 is 23.2 Å². The number of aromatic nitrogens is 1. The lowest BCUT2D eigenvalue weighted by atomic mass is 10.00. The molecule has 5 heteroatoms. The minimum absolute atomic E-state index is 0.558. The van der Waals surface area contributed by atoms with Crippen molar-refractivity contribution in [2.75, 3.05) is 23.3 Å². The van der Waals surface area contributed by atoms with Crippen molar-refractivity contribution >= 4 is 34.8 Å². The second-order valence-electron chi connectivity index (χ2n) is 5.09. The maximum Gasteiger partial charge on any atom is 0.150 e. The van der Waals surface area contributed by atoms with E-state index in [1.165, 1.54) is 11.1 Å². The molecule has 0 spiro atoms. The van der Waals surface area contributed by atoms with Gasteiger partial charge < -0.3 is 10.2 Å². The minimum Gasteiger partial charge on any atom is -0.369 e. The van der Waals surface area contributed by atoms with Crippen molar-refractivity contribution in [3.05, 3.63) is 51.5 Å². The number of benzene rings is 1. The normalized spacial score (nSPS) is 14.0. The fraction of sp³-hybridized carbons (Fsp3) is 0.312. The Morgan fingerprint density at radius 1 is 1.19 bits per heavy atom. The van der Waals surface area contributed by atoms with Crippen LogP contribution in [0.25, 0.3) is 0 Å². The lowest BCUT2D eigenvalue weighted by molar-refractivity contribution is 0.721. The van der Waals surface area contributed by atoms with E-state index in [4.69, 9.17) is 23.2 Å². The molecule has 2 aromatic rings. The molecule has 0 radical (unpaired) electrons. The third-order valence-electron chi connectivity index (χ3n) is 3.69. The Balaban J connectivity index is 1.93. The quantitative estimate of drug-likeness (QED) is 0.909. The monoisotopic (exact) mass is 321 g/mol. The first kappa shape index (κ1) is 14.5. The number of rotatable bonds is 3. The summed E-state index contributed by atoms with van der Waals surface area (Å²) >= 11 is 12.5. The van der Waals surface area contributed by atoms with Crippen LogP contribution in [0, 0.1) is 0 Å². The molecule has 0 unspecified atom stereocenters. The summed E-state index contributed by atoms with van der Waals surface area (Å²) in [6.45, 7) is 4.53. The Kier molecular flexibility index (Phi) is 4.22. The Labute approximate surface area is 134 Å². The van der Waals surface area contributed by atoms with Crippen molar-refractivity contribution in [3.8, 4) is 0 Å². The fourth-order valence-corrected chi connectivity index (χ4v) is 3.19. The molecule has 0 saturated heterocycles. The summed E-state index contributed by atoms with van der Waals surface area (Å²) in [6.07, 6.45) is 1.01. The van der Waals surface area contributed by atoms with Crippen LogP contribution in [0.1, 0.15) is 18.1 Å². The summed E-state index contributed by atoms with van der Waals surface area (Å²) in [5.41, 5.74) is 2.74. The van der Waals surface area contributed by atoms with Gasteiger partial charge in [0.25, 0.3) is 0 Å². The molecular weight excluding hydrogens is 305 g/mol. The van der Waals surface area contributed by atoms with Crippen LogP contribution in [0.2, 0.25) is 10.0 Å². The maximum atomic E-state index is 6.35. The van der Waals surface area contributed by atoms with Crippen LogP contribution in [0.4, 0.5) is 11.6 Å². The number of halogens is 2. The van der Waals surface area contributed by atoms with Crippen LogP contribution in [-0.2, 0) is 13.0 Å². The number of pyridine rings is 1. The van der Waals surface area contributed by atoms with Crippen LogP contribution < -0.4 is 10.2 Å². The zero-order chi connectivity index (χ0) is 14.8. The van der Waals surface area contributed by atoms with E-state index in [9.17, 15) is 0 Å². The topological polar surface area (TPSA) is 28.2 Å². The van der Waals surface area contributed by atoms with Crippen LogP contribution in [0.15, 0.2) is 30.3 Å². The second-order valence-corrected chi connectivity index (χ2v) is 5.91. The van der Waals surface area contributed by atoms with E-state index in [1.807, 2.05) is 6.92 Å². The van der Waals surface area contributed by atoms with Crippen LogP contribution in [0.5, 0.6) is 0 Å². The first-order valence-corrected chi connectivity index (χ1v) is 7.86. The molecule has 1 aromatic carbocycles. The van der Waals surface area contributed by atoms with Crippen molar-refractivity contribution in [1.29, 1.82) is 0 Å². The standard InChI is InChI=1S/C16H17Cl2N3/c1-2-19-15-13(17)9-14(18)16(20-15)21-8-7-11-5-3-4-6-12(11)10-21/h3-6,9H,2,7-8,10H2,1H3,(H,19,20). The first-order chi connectivity index (χ1) is 10.2. The van der Waals surface area contributed by atoms with E-state index in [2.05, 4.69) is 39.5 Å². The maximum absolute atomic E-state index is 6.35. The third kappa shape index (κ3) is 2.94. The molecule has 0 fully saturated rings. The van der Waals surface area contributed by atoms with E-state index in [0.29, 0.717) is 15.9 Å². The first-order valence-electron chi connectivity index (χ1n) is 7.10. The highest BCUT2D eigenvalue weighted by atomic mass is 35.5. The van der Waals surface area contributed by atoms with Crippen molar-refractivity contribution in [3.63, 3.8) is 0 Å². The van der Waals surface area contributed by atoms with Gasteiger partial charge in [-0.2, -0.15) is 0 Å². The smallest absolute Gasteiger partial charge is 0.150 e. The molecule has 21 heavy (non-hydrogen) atoms. The number of nitrogens with one attached hydrogen (secondary N) is 1. The van der Waals surface area contributed by atoms with Gasteiger partial charge in [0.1, 0.15) is 11.6 Å². The Morgan fingerprint density at radius 2 is 1.95 bits per heavy atom. The predicted octanol–water partition coefficient (Wildman–Crippen LogP) is 4.38. The molecule has 1 aliphatic rings. The summed E-state index contributed by atoms with van der Waals surface area (Å²) in [7, 11) is 0. The minimum atomic E-state index is 0.558. The molecule has 1 N–H and O–H groups in total. The predicted molar refractivity (Wildman–Crippen MR) is 89.6 cm³/mol. The van der Waals surface area contributed by atoms with E-state index < -0.39 is 0 Å². The van der Waals surface area contributed by atoms with Crippen LogP contribution in [-0.4, -0.2) is 18.1 Å². The van der Waals surface area contributed by atoms with E-state index in [0.717, 1.165) is 31.9 Å². The van der Waals surface area contributed by atoms with Gasteiger partial charge in [-0.3, -0.25) is 0 Å². The molecule has 2 heterocycles. The van der Waals surface area contributed by atoms with Gasteiger partial charge in [-0.05, 0) is 30.5 Å². The Morgan fingerprint density at radius 3 is 2.71 bits per heavy atom. The van der Waals surface area contributed by atoms with E-state index in [-0.39, 0.29) is 0 Å². The van der Waals surface area contributed by atoms with Crippen molar-refractivity contribution in [2.45, 2.75) is 19.9 Å². The summed E-state index contributed by atoms with van der Waals surface area (Å²) in [4.78, 5) is 6.82. The van der Waals surface area contributed by atoms with Gasteiger partial charge in [0, 0.05) is 19.6 Å². The van der Waals surface area contributed by atoms with Crippen molar-refractivity contribution < 1.29 is 0 Å². The Bertz CT molecular complexity index is 658. The van der Waals surface area contributed by atoms with Gasteiger partial charge in [0.05, 0.1) is 10.0 Å². The molecule has 110 valence electrons. The fourth-order valence-electron chi connectivity index (χ4n) is 2.65. The summed E-state index contributed by atoms with van der Waals surface area (Å²) in [6, 6.07) is 10.3. The van der Waals surface area contributed by atoms with Gasteiger partial charge >= 0.3 is 0 Å². The summed E-state index contributed by atoms with van der Waals surface area (Å²) in [5.74, 6) is 1.49. The largest absolute Gasteiger partial charge is 0.369 e. The van der Waals surface area contributed by atoms with E-state index >= 15 is 0 Å². The molecule has 3 nitrogen and oxygen atoms in total. The average Bonchev–Trinajstić information content (AvgIpc) is 2.49. The molecule has 0 saturated carbocycles. The number of anilines is 2. The Hall–Kier alpha value is -1.45. The second kappa shape index (κ2) is 6.12. The molecule has 3 rings (SSSR count).